The van der Waals surface area contributed by atoms with Crippen LogP contribution in [0.2, 0.25) is 0 Å². The van der Waals surface area contributed by atoms with Gasteiger partial charge in [-0.3, -0.25) is 0 Å². The van der Waals surface area contributed by atoms with Gasteiger partial charge in [-0.25, -0.2) is 4.98 Å². The van der Waals surface area contributed by atoms with Gasteiger partial charge in [0.15, 0.2) is 0 Å². The van der Waals surface area contributed by atoms with Gasteiger partial charge in [0.25, 0.3) is 0 Å². The molecule has 0 atom stereocenters. The molecular formula is C15H15N3O. The molecule has 0 amide bonds. The van der Waals surface area contributed by atoms with E-state index in [1.165, 1.54) is 0 Å². The molecule has 19 heavy (non-hydrogen) atoms. The third-order valence-corrected chi connectivity index (χ3v) is 3.10. The van der Waals surface area contributed by atoms with Crippen molar-refractivity contribution in [3.05, 3.63) is 36.4 Å². The minimum atomic E-state index is 0.582. The van der Waals surface area contributed by atoms with Crippen LogP contribution in [0.3, 0.4) is 0 Å². The van der Waals surface area contributed by atoms with Gasteiger partial charge in [0.2, 0.25) is 0 Å². The van der Waals surface area contributed by atoms with Gasteiger partial charge in [-0.05, 0) is 43.3 Å². The third-order valence-electron chi connectivity index (χ3n) is 3.10. The zero-order valence-corrected chi connectivity index (χ0v) is 10.7. The average molecular weight is 253 g/mol. The van der Waals surface area contributed by atoms with E-state index in [9.17, 15) is 0 Å². The smallest absolute Gasteiger partial charge is 0.144 e. The van der Waals surface area contributed by atoms with Crippen LogP contribution >= 0.6 is 0 Å². The van der Waals surface area contributed by atoms with Crippen molar-refractivity contribution in [2.45, 2.75) is 6.92 Å². The monoisotopic (exact) mass is 253 g/mol. The van der Waals surface area contributed by atoms with Gasteiger partial charge in [-0.1, -0.05) is 0 Å². The summed E-state index contributed by atoms with van der Waals surface area (Å²) in [7, 11) is 0. The number of pyridine rings is 1. The highest BCUT2D eigenvalue weighted by Crippen LogP contribution is 2.31. The molecule has 3 rings (SSSR count). The Bertz CT molecular complexity index is 768. The maximum Gasteiger partial charge on any atom is 0.144 e. The summed E-state index contributed by atoms with van der Waals surface area (Å²) in [6.07, 6.45) is 0. The van der Waals surface area contributed by atoms with E-state index in [-0.39, 0.29) is 0 Å². The van der Waals surface area contributed by atoms with Crippen LogP contribution in [0.4, 0.5) is 11.4 Å². The van der Waals surface area contributed by atoms with E-state index in [1.54, 1.807) is 0 Å². The van der Waals surface area contributed by atoms with Crippen LogP contribution in [0.25, 0.3) is 21.8 Å². The van der Waals surface area contributed by atoms with E-state index in [0.29, 0.717) is 18.0 Å². The SMILES string of the molecule is CCOc1ccc2cc3cc(N)ccc3nc2c1N. The number of aromatic nitrogens is 1. The number of rotatable bonds is 2. The summed E-state index contributed by atoms with van der Waals surface area (Å²) < 4.78 is 5.49. The number of nitrogens with zero attached hydrogens (tertiary/aromatic N) is 1. The topological polar surface area (TPSA) is 74.2 Å². The normalized spacial score (nSPS) is 11.0. The summed E-state index contributed by atoms with van der Waals surface area (Å²) in [5, 5.41) is 2.00. The van der Waals surface area contributed by atoms with E-state index in [2.05, 4.69) is 4.98 Å². The highest BCUT2D eigenvalue weighted by Gasteiger charge is 2.08. The first-order valence-corrected chi connectivity index (χ1v) is 6.20. The molecular weight excluding hydrogens is 238 g/mol. The van der Waals surface area contributed by atoms with Crippen molar-refractivity contribution in [1.82, 2.24) is 4.98 Å². The molecule has 0 aliphatic heterocycles. The molecule has 3 aromatic rings. The fourth-order valence-electron chi connectivity index (χ4n) is 2.21. The predicted octanol–water partition coefficient (Wildman–Crippen LogP) is 2.95. The van der Waals surface area contributed by atoms with E-state index < -0.39 is 0 Å². The van der Waals surface area contributed by atoms with Crippen molar-refractivity contribution >= 4 is 33.2 Å². The molecule has 2 aromatic carbocycles. The lowest BCUT2D eigenvalue weighted by Crippen LogP contribution is -1.98. The Morgan fingerprint density at radius 2 is 1.89 bits per heavy atom. The second-order valence-electron chi connectivity index (χ2n) is 4.42. The van der Waals surface area contributed by atoms with Crippen molar-refractivity contribution in [3.63, 3.8) is 0 Å². The molecule has 4 N–H and O–H groups in total. The van der Waals surface area contributed by atoms with Gasteiger partial charge in [-0.15, -0.1) is 0 Å². The summed E-state index contributed by atoms with van der Waals surface area (Å²) in [5.74, 6) is 0.678. The first kappa shape index (κ1) is 11.6. The number of fused-ring (bicyclic) bond motifs is 2. The Balaban J connectivity index is 2.31. The molecule has 0 unspecified atom stereocenters. The quantitative estimate of drug-likeness (QED) is 0.544. The Labute approximate surface area is 111 Å². The van der Waals surface area contributed by atoms with Crippen LogP contribution < -0.4 is 16.2 Å². The van der Waals surface area contributed by atoms with Crippen molar-refractivity contribution in [2.75, 3.05) is 18.1 Å². The van der Waals surface area contributed by atoms with Crippen LogP contribution in [0.1, 0.15) is 6.92 Å². The number of nitrogens with two attached hydrogens (primary N) is 2. The minimum absolute atomic E-state index is 0.582. The van der Waals surface area contributed by atoms with Gasteiger partial charge in [-0.2, -0.15) is 0 Å². The van der Waals surface area contributed by atoms with E-state index in [1.807, 2.05) is 43.3 Å². The number of anilines is 2. The van der Waals surface area contributed by atoms with Gasteiger partial charge in [0.05, 0.1) is 17.6 Å². The molecule has 0 spiro atoms. The number of benzene rings is 2. The highest BCUT2D eigenvalue weighted by atomic mass is 16.5. The minimum Gasteiger partial charge on any atom is -0.492 e. The summed E-state index contributed by atoms with van der Waals surface area (Å²) in [6, 6.07) is 11.5. The first-order valence-electron chi connectivity index (χ1n) is 6.20. The van der Waals surface area contributed by atoms with Crippen LogP contribution in [0.5, 0.6) is 5.75 Å². The van der Waals surface area contributed by atoms with Gasteiger partial charge in [0, 0.05) is 16.5 Å². The number of hydrogen-bond acceptors (Lipinski definition) is 4. The highest BCUT2D eigenvalue weighted by molar-refractivity contribution is 6.00. The second-order valence-corrected chi connectivity index (χ2v) is 4.42. The van der Waals surface area contributed by atoms with Crippen LogP contribution in [0.15, 0.2) is 36.4 Å². The zero-order valence-electron chi connectivity index (χ0n) is 10.7. The molecule has 0 saturated heterocycles. The maximum absolute atomic E-state index is 6.11. The van der Waals surface area contributed by atoms with Crippen molar-refractivity contribution < 1.29 is 4.74 Å². The predicted molar refractivity (Wildman–Crippen MR) is 79.2 cm³/mol. The molecule has 1 aromatic heterocycles. The molecule has 1 heterocycles. The molecule has 0 radical (unpaired) electrons. The standard InChI is InChI=1S/C15H15N3O/c1-2-19-13-6-3-9-7-10-8-11(16)4-5-12(10)18-15(9)14(13)17/h3-8H,2,16-17H2,1H3. The third kappa shape index (κ3) is 1.91. The lowest BCUT2D eigenvalue weighted by Gasteiger charge is -2.10. The van der Waals surface area contributed by atoms with Crippen LogP contribution in [-0.4, -0.2) is 11.6 Å². The second kappa shape index (κ2) is 4.31. The zero-order chi connectivity index (χ0) is 13.4. The molecule has 0 bridgehead atoms. The van der Waals surface area contributed by atoms with Gasteiger partial charge in [0.1, 0.15) is 11.4 Å². The average Bonchev–Trinajstić information content (AvgIpc) is 2.40. The van der Waals surface area contributed by atoms with Crippen molar-refractivity contribution in [3.8, 4) is 5.75 Å². The number of ether oxygens (including phenoxy) is 1. The maximum atomic E-state index is 6.11. The largest absolute Gasteiger partial charge is 0.492 e. The van der Waals surface area contributed by atoms with Crippen LogP contribution in [0, 0.1) is 0 Å². The van der Waals surface area contributed by atoms with Gasteiger partial charge >= 0.3 is 0 Å². The Morgan fingerprint density at radius 3 is 2.68 bits per heavy atom. The summed E-state index contributed by atoms with van der Waals surface area (Å²) in [4.78, 5) is 4.60. The number of hydrogen-bond donors (Lipinski definition) is 2. The van der Waals surface area contributed by atoms with Crippen molar-refractivity contribution in [2.24, 2.45) is 0 Å². The fourth-order valence-corrected chi connectivity index (χ4v) is 2.21. The number of nitrogen functional groups attached to an aromatic ring is 2. The molecule has 96 valence electrons. The summed E-state index contributed by atoms with van der Waals surface area (Å²) >= 11 is 0. The fraction of sp³-hybridized carbons (Fsp3) is 0.133. The summed E-state index contributed by atoms with van der Waals surface area (Å²) in [5.41, 5.74) is 14.9. The van der Waals surface area contributed by atoms with Crippen molar-refractivity contribution in [1.29, 1.82) is 0 Å². The molecule has 4 nitrogen and oxygen atoms in total. The molecule has 0 aliphatic rings. The molecule has 0 saturated carbocycles. The van der Waals surface area contributed by atoms with E-state index >= 15 is 0 Å². The molecule has 0 fully saturated rings. The lowest BCUT2D eigenvalue weighted by molar-refractivity contribution is 0.342. The first-order chi connectivity index (χ1) is 9.19. The van der Waals surface area contributed by atoms with E-state index in [4.69, 9.17) is 16.2 Å². The Kier molecular flexibility index (Phi) is 2.63. The lowest BCUT2D eigenvalue weighted by atomic mass is 10.1. The molecule has 0 aliphatic carbocycles. The summed E-state index contributed by atoms with van der Waals surface area (Å²) in [6.45, 7) is 2.51. The Hall–Kier alpha value is -2.49. The van der Waals surface area contributed by atoms with Crippen LogP contribution in [-0.2, 0) is 0 Å². The molecule has 4 heteroatoms. The Morgan fingerprint density at radius 1 is 1.05 bits per heavy atom. The van der Waals surface area contributed by atoms with E-state index in [0.717, 1.165) is 27.5 Å². The van der Waals surface area contributed by atoms with Gasteiger partial charge < -0.3 is 16.2 Å².